The predicted octanol–water partition coefficient (Wildman–Crippen LogP) is 4.34. The Kier molecular flexibility index (Phi) is 7.80. The Bertz CT molecular complexity index is 828. The number of halogens is 1. The number of amides is 1. The summed E-state index contributed by atoms with van der Waals surface area (Å²) in [5, 5.41) is 3.23. The van der Waals surface area contributed by atoms with Gasteiger partial charge < -0.3 is 10.1 Å². The van der Waals surface area contributed by atoms with Crippen LogP contribution in [0.3, 0.4) is 0 Å². The normalized spacial score (nSPS) is 18.2. The SMILES string of the molecule is COc1ccc(CN2CCC[C@H]([C@@H](NC(=O)CC(C)C)c3ccccn3)C2)c(F)c1. The molecule has 2 atom stereocenters. The first-order valence-electron chi connectivity index (χ1n) is 10.7. The number of pyridine rings is 1. The predicted molar refractivity (Wildman–Crippen MR) is 116 cm³/mol. The Morgan fingerprint density at radius 3 is 2.83 bits per heavy atom. The second-order valence-corrected chi connectivity index (χ2v) is 8.49. The van der Waals surface area contributed by atoms with Crippen LogP contribution in [-0.2, 0) is 11.3 Å². The Morgan fingerprint density at radius 1 is 1.33 bits per heavy atom. The summed E-state index contributed by atoms with van der Waals surface area (Å²) in [6, 6.07) is 10.7. The van der Waals surface area contributed by atoms with Crippen LogP contribution in [0.2, 0.25) is 0 Å². The zero-order chi connectivity index (χ0) is 21.5. The van der Waals surface area contributed by atoms with Crippen LogP contribution >= 0.6 is 0 Å². The van der Waals surface area contributed by atoms with Crippen LogP contribution in [0.5, 0.6) is 5.75 Å². The number of aromatic nitrogens is 1. The maximum Gasteiger partial charge on any atom is 0.220 e. The van der Waals surface area contributed by atoms with Gasteiger partial charge >= 0.3 is 0 Å². The summed E-state index contributed by atoms with van der Waals surface area (Å²) < 4.78 is 19.5. The molecule has 1 aromatic carbocycles. The Labute approximate surface area is 178 Å². The van der Waals surface area contributed by atoms with Crippen LogP contribution in [0.15, 0.2) is 42.6 Å². The number of hydrogen-bond acceptors (Lipinski definition) is 4. The third-order valence-corrected chi connectivity index (χ3v) is 5.58. The van der Waals surface area contributed by atoms with Gasteiger partial charge in [0.25, 0.3) is 0 Å². The summed E-state index contributed by atoms with van der Waals surface area (Å²) in [6.45, 7) is 6.33. The molecule has 1 aliphatic rings. The van der Waals surface area contributed by atoms with Crippen LogP contribution in [0, 0.1) is 17.7 Å². The number of carbonyl (C=O) groups excluding carboxylic acids is 1. The maximum atomic E-state index is 14.4. The first-order valence-corrected chi connectivity index (χ1v) is 10.7. The van der Waals surface area contributed by atoms with Crippen molar-refractivity contribution in [1.82, 2.24) is 15.2 Å². The van der Waals surface area contributed by atoms with Crippen LogP contribution in [0.1, 0.15) is 50.4 Å². The van der Waals surface area contributed by atoms with E-state index in [0.717, 1.165) is 31.6 Å². The van der Waals surface area contributed by atoms with Crippen molar-refractivity contribution < 1.29 is 13.9 Å². The van der Waals surface area contributed by atoms with Gasteiger partial charge in [-0.1, -0.05) is 26.0 Å². The lowest BCUT2D eigenvalue weighted by atomic mass is 9.88. The van der Waals surface area contributed by atoms with Crippen molar-refractivity contribution in [2.45, 2.75) is 45.7 Å². The molecule has 0 bridgehead atoms. The van der Waals surface area contributed by atoms with E-state index in [-0.39, 0.29) is 23.7 Å². The standard InChI is InChI=1S/C24H32FN3O2/c1-17(2)13-23(29)27-24(22-8-4-5-11-26-22)19-7-6-12-28(16-19)15-18-9-10-20(30-3)14-21(18)25/h4-5,8-11,14,17,19,24H,6-7,12-13,15-16H2,1-3H3,(H,27,29)/t19-,24+/m0/s1. The molecule has 1 aliphatic heterocycles. The van der Waals surface area contributed by atoms with Gasteiger partial charge in [0.2, 0.25) is 5.91 Å². The minimum atomic E-state index is -0.247. The van der Waals surface area contributed by atoms with Gasteiger partial charge in [-0.05, 0) is 49.4 Å². The van der Waals surface area contributed by atoms with E-state index in [1.807, 2.05) is 32.0 Å². The van der Waals surface area contributed by atoms with Crippen molar-refractivity contribution in [3.8, 4) is 5.75 Å². The molecule has 1 aromatic heterocycles. The molecule has 1 amide bonds. The molecule has 0 aliphatic carbocycles. The van der Waals surface area contributed by atoms with Gasteiger partial charge in [-0.25, -0.2) is 4.39 Å². The van der Waals surface area contributed by atoms with Crippen LogP contribution in [0.4, 0.5) is 4.39 Å². The highest BCUT2D eigenvalue weighted by Gasteiger charge is 2.30. The number of methoxy groups -OCH3 is 1. The molecule has 30 heavy (non-hydrogen) atoms. The van der Waals surface area contributed by atoms with Gasteiger partial charge in [-0.3, -0.25) is 14.7 Å². The lowest BCUT2D eigenvalue weighted by Gasteiger charge is -2.37. The minimum absolute atomic E-state index is 0.0546. The highest BCUT2D eigenvalue weighted by molar-refractivity contribution is 5.76. The molecule has 2 aromatic rings. The Hall–Kier alpha value is -2.47. The van der Waals surface area contributed by atoms with Crippen molar-refractivity contribution in [2.75, 3.05) is 20.2 Å². The lowest BCUT2D eigenvalue weighted by molar-refractivity contribution is -0.123. The zero-order valence-corrected chi connectivity index (χ0v) is 18.1. The quantitative estimate of drug-likeness (QED) is 0.699. The molecule has 2 heterocycles. The molecule has 1 fully saturated rings. The second kappa shape index (κ2) is 10.5. The summed E-state index contributed by atoms with van der Waals surface area (Å²) in [7, 11) is 1.54. The van der Waals surface area contributed by atoms with Crippen molar-refractivity contribution in [2.24, 2.45) is 11.8 Å². The van der Waals surface area contributed by atoms with E-state index in [2.05, 4.69) is 15.2 Å². The third-order valence-electron chi connectivity index (χ3n) is 5.58. The van der Waals surface area contributed by atoms with E-state index in [9.17, 15) is 9.18 Å². The van der Waals surface area contributed by atoms with Gasteiger partial charge in [-0.15, -0.1) is 0 Å². The number of carbonyl (C=O) groups is 1. The van der Waals surface area contributed by atoms with Crippen LogP contribution in [-0.4, -0.2) is 36.0 Å². The van der Waals surface area contributed by atoms with Crippen molar-refractivity contribution >= 4 is 5.91 Å². The molecule has 0 unspecified atom stereocenters. The average Bonchev–Trinajstić information content (AvgIpc) is 2.74. The number of piperidine rings is 1. The van der Waals surface area contributed by atoms with Crippen LogP contribution < -0.4 is 10.1 Å². The van der Waals surface area contributed by atoms with Gasteiger partial charge in [-0.2, -0.15) is 0 Å². The maximum absolute atomic E-state index is 14.4. The molecule has 0 saturated carbocycles. The summed E-state index contributed by atoms with van der Waals surface area (Å²) in [6.07, 6.45) is 4.28. The molecule has 162 valence electrons. The molecule has 0 radical (unpaired) electrons. The summed E-state index contributed by atoms with van der Waals surface area (Å²) in [5.41, 5.74) is 1.55. The molecular weight excluding hydrogens is 381 g/mol. The Balaban J connectivity index is 1.73. The molecule has 3 rings (SSSR count). The molecule has 0 spiro atoms. The van der Waals surface area contributed by atoms with E-state index in [1.165, 1.54) is 13.2 Å². The van der Waals surface area contributed by atoms with Crippen molar-refractivity contribution in [3.63, 3.8) is 0 Å². The minimum Gasteiger partial charge on any atom is -0.497 e. The third kappa shape index (κ3) is 6.02. The van der Waals surface area contributed by atoms with E-state index >= 15 is 0 Å². The molecule has 1 saturated heterocycles. The average molecular weight is 414 g/mol. The van der Waals surface area contributed by atoms with Crippen LogP contribution in [0.25, 0.3) is 0 Å². The number of ether oxygens (including phenoxy) is 1. The largest absolute Gasteiger partial charge is 0.497 e. The first kappa shape index (κ1) is 22.2. The highest BCUT2D eigenvalue weighted by atomic mass is 19.1. The Morgan fingerprint density at radius 2 is 2.17 bits per heavy atom. The van der Waals surface area contributed by atoms with E-state index in [1.54, 1.807) is 18.3 Å². The molecule has 5 nitrogen and oxygen atoms in total. The van der Waals surface area contributed by atoms with Gasteiger partial charge in [0.1, 0.15) is 11.6 Å². The smallest absolute Gasteiger partial charge is 0.220 e. The summed E-state index contributed by atoms with van der Waals surface area (Å²) in [4.78, 5) is 19.3. The number of likely N-dealkylation sites (tertiary alicyclic amines) is 1. The van der Waals surface area contributed by atoms with Gasteiger partial charge in [0, 0.05) is 37.3 Å². The second-order valence-electron chi connectivity index (χ2n) is 8.49. The van der Waals surface area contributed by atoms with Gasteiger partial charge in [0.05, 0.1) is 18.8 Å². The lowest BCUT2D eigenvalue weighted by Crippen LogP contribution is -2.43. The van der Waals surface area contributed by atoms with E-state index < -0.39 is 0 Å². The topological polar surface area (TPSA) is 54.5 Å². The van der Waals surface area contributed by atoms with Gasteiger partial charge in [0.15, 0.2) is 0 Å². The van der Waals surface area contributed by atoms with Crippen molar-refractivity contribution in [1.29, 1.82) is 0 Å². The fraction of sp³-hybridized carbons (Fsp3) is 0.500. The molecular formula is C24H32FN3O2. The number of nitrogens with zero attached hydrogens (tertiary/aromatic N) is 2. The fourth-order valence-electron chi connectivity index (χ4n) is 4.13. The first-order chi connectivity index (χ1) is 14.5. The molecule has 1 N–H and O–H groups in total. The molecule has 6 heteroatoms. The van der Waals surface area contributed by atoms with E-state index in [0.29, 0.717) is 30.2 Å². The monoisotopic (exact) mass is 413 g/mol. The number of hydrogen-bond donors (Lipinski definition) is 1. The number of rotatable bonds is 8. The van der Waals surface area contributed by atoms with E-state index in [4.69, 9.17) is 4.74 Å². The highest BCUT2D eigenvalue weighted by Crippen LogP contribution is 2.30. The fourth-order valence-corrected chi connectivity index (χ4v) is 4.13. The zero-order valence-electron chi connectivity index (χ0n) is 18.1. The number of benzene rings is 1. The summed E-state index contributed by atoms with van der Waals surface area (Å²) in [5.74, 6) is 0.860. The van der Waals surface area contributed by atoms with Crippen molar-refractivity contribution in [3.05, 3.63) is 59.7 Å². The summed E-state index contributed by atoms with van der Waals surface area (Å²) >= 11 is 0. The number of nitrogens with one attached hydrogen (secondary N) is 1.